The monoisotopic (exact) mass is 332 g/mol. The average Bonchev–Trinajstić information content (AvgIpc) is 2.53. The van der Waals surface area contributed by atoms with E-state index >= 15 is 0 Å². The van der Waals surface area contributed by atoms with E-state index in [-0.39, 0.29) is 22.7 Å². The van der Waals surface area contributed by atoms with Crippen molar-refractivity contribution in [2.45, 2.75) is 25.8 Å². The molecule has 1 N–H and O–H groups in total. The van der Waals surface area contributed by atoms with Gasteiger partial charge in [0.05, 0.1) is 4.92 Å². The number of benzene rings is 2. The number of carbonyl (C=O) groups excluding carboxylic acids is 1. The summed E-state index contributed by atoms with van der Waals surface area (Å²) in [6.45, 7) is 1.92. The maximum atomic E-state index is 12.2. The highest BCUT2D eigenvalue weighted by molar-refractivity contribution is 6.33. The van der Waals surface area contributed by atoms with Gasteiger partial charge in [0.1, 0.15) is 5.02 Å². The summed E-state index contributed by atoms with van der Waals surface area (Å²) < 4.78 is 0. The number of nitro groups is 1. The quantitative estimate of drug-likeness (QED) is 0.642. The molecule has 0 aliphatic heterocycles. The van der Waals surface area contributed by atoms with Crippen molar-refractivity contribution in [1.29, 1.82) is 0 Å². The van der Waals surface area contributed by atoms with Crippen molar-refractivity contribution in [3.63, 3.8) is 0 Å². The number of nitrogens with zero attached hydrogens (tertiary/aromatic N) is 1. The van der Waals surface area contributed by atoms with Crippen molar-refractivity contribution in [2.75, 3.05) is 0 Å². The molecule has 23 heavy (non-hydrogen) atoms. The van der Waals surface area contributed by atoms with Crippen molar-refractivity contribution in [1.82, 2.24) is 5.32 Å². The van der Waals surface area contributed by atoms with Crippen LogP contribution in [0.25, 0.3) is 0 Å². The fourth-order valence-electron chi connectivity index (χ4n) is 2.20. The molecule has 2 aromatic rings. The third-order valence-electron chi connectivity index (χ3n) is 3.49. The van der Waals surface area contributed by atoms with Gasteiger partial charge in [0.2, 0.25) is 0 Å². The summed E-state index contributed by atoms with van der Waals surface area (Å²) in [6.07, 6.45) is 1.67. The summed E-state index contributed by atoms with van der Waals surface area (Å²) in [5, 5.41) is 13.6. The predicted octanol–water partition coefficient (Wildman–Crippen LogP) is 4.00. The third kappa shape index (κ3) is 4.79. The highest BCUT2D eigenvalue weighted by Gasteiger charge is 2.16. The molecular weight excluding hydrogens is 316 g/mol. The van der Waals surface area contributed by atoms with E-state index in [0.717, 1.165) is 12.8 Å². The summed E-state index contributed by atoms with van der Waals surface area (Å²) in [5.74, 6) is -0.289. The average molecular weight is 333 g/mol. The van der Waals surface area contributed by atoms with Crippen LogP contribution in [-0.2, 0) is 6.42 Å². The first-order valence-electron chi connectivity index (χ1n) is 7.26. The zero-order chi connectivity index (χ0) is 16.8. The van der Waals surface area contributed by atoms with Crippen LogP contribution in [0.5, 0.6) is 0 Å². The smallest absolute Gasteiger partial charge is 0.287 e. The summed E-state index contributed by atoms with van der Waals surface area (Å²) in [4.78, 5) is 22.3. The van der Waals surface area contributed by atoms with Gasteiger partial charge in [-0.1, -0.05) is 41.9 Å². The normalized spacial score (nSPS) is 11.7. The summed E-state index contributed by atoms with van der Waals surface area (Å²) >= 11 is 5.82. The Bertz CT molecular complexity index is 704. The Labute approximate surface area is 139 Å². The van der Waals surface area contributed by atoms with E-state index in [2.05, 4.69) is 5.32 Å². The molecule has 0 aliphatic carbocycles. The van der Waals surface area contributed by atoms with Crippen LogP contribution < -0.4 is 5.32 Å². The van der Waals surface area contributed by atoms with Crippen molar-refractivity contribution >= 4 is 23.2 Å². The van der Waals surface area contributed by atoms with Gasteiger partial charge in [0.15, 0.2) is 0 Å². The molecule has 0 aromatic heterocycles. The number of nitrogens with one attached hydrogen (secondary N) is 1. The summed E-state index contributed by atoms with van der Waals surface area (Å²) in [7, 11) is 0. The minimum atomic E-state index is -0.577. The fraction of sp³-hybridized carbons (Fsp3) is 0.235. The van der Waals surface area contributed by atoms with Gasteiger partial charge in [0.25, 0.3) is 11.6 Å². The second-order valence-electron chi connectivity index (χ2n) is 5.32. The van der Waals surface area contributed by atoms with E-state index in [9.17, 15) is 14.9 Å². The Morgan fingerprint density at radius 3 is 2.57 bits per heavy atom. The molecule has 5 nitrogen and oxygen atoms in total. The maximum absolute atomic E-state index is 12.2. The SMILES string of the molecule is C[C@H](CCc1ccccc1)NC(=O)c1ccc([N+](=O)[O-])c(Cl)c1. The van der Waals surface area contributed by atoms with Gasteiger partial charge in [-0.2, -0.15) is 0 Å². The van der Waals surface area contributed by atoms with Crippen LogP contribution in [0.4, 0.5) is 5.69 Å². The number of carbonyl (C=O) groups is 1. The number of rotatable bonds is 6. The molecule has 0 fully saturated rings. The van der Waals surface area contributed by atoms with Gasteiger partial charge < -0.3 is 5.32 Å². The van der Waals surface area contributed by atoms with Crippen molar-refractivity contribution in [3.8, 4) is 0 Å². The molecule has 6 heteroatoms. The number of nitro benzene ring substituents is 1. The second-order valence-corrected chi connectivity index (χ2v) is 5.73. The molecule has 0 radical (unpaired) electrons. The van der Waals surface area contributed by atoms with E-state index in [1.165, 1.54) is 23.8 Å². The highest BCUT2D eigenvalue weighted by Crippen LogP contribution is 2.25. The fourth-order valence-corrected chi connectivity index (χ4v) is 2.45. The van der Waals surface area contributed by atoms with Crippen molar-refractivity contribution < 1.29 is 9.72 Å². The molecule has 0 unspecified atom stereocenters. The minimum Gasteiger partial charge on any atom is -0.350 e. The van der Waals surface area contributed by atoms with Gasteiger partial charge in [-0.3, -0.25) is 14.9 Å². The number of amides is 1. The van der Waals surface area contributed by atoms with Crippen LogP contribution in [0.3, 0.4) is 0 Å². The molecule has 0 aliphatic rings. The lowest BCUT2D eigenvalue weighted by Gasteiger charge is -2.14. The van der Waals surface area contributed by atoms with Crippen LogP contribution in [0.15, 0.2) is 48.5 Å². The van der Waals surface area contributed by atoms with E-state index < -0.39 is 4.92 Å². The minimum absolute atomic E-state index is 0.0170. The van der Waals surface area contributed by atoms with Gasteiger partial charge in [-0.25, -0.2) is 0 Å². The predicted molar refractivity (Wildman–Crippen MR) is 89.8 cm³/mol. The molecule has 2 rings (SSSR count). The standard InChI is InChI=1S/C17H17ClN2O3/c1-12(7-8-13-5-3-2-4-6-13)19-17(21)14-9-10-16(20(22)23)15(18)11-14/h2-6,9-12H,7-8H2,1H3,(H,19,21)/t12-/m1/s1. The number of aryl methyl sites for hydroxylation is 1. The van der Waals surface area contributed by atoms with Gasteiger partial charge in [-0.15, -0.1) is 0 Å². The third-order valence-corrected chi connectivity index (χ3v) is 3.80. The Balaban J connectivity index is 1.93. The number of halogens is 1. The van der Waals surface area contributed by atoms with Gasteiger partial charge in [-0.05, 0) is 37.5 Å². The van der Waals surface area contributed by atoms with E-state index in [1.54, 1.807) is 0 Å². The molecule has 1 amide bonds. The van der Waals surface area contributed by atoms with Crippen LogP contribution in [0.2, 0.25) is 5.02 Å². The Morgan fingerprint density at radius 2 is 1.96 bits per heavy atom. The Morgan fingerprint density at radius 1 is 1.26 bits per heavy atom. The molecule has 0 saturated heterocycles. The van der Waals surface area contributed by atoms with Gasteiger partial charge >= 0.3 is 0 Å². The zero-order valence-corrected chi connectivity index (χ0v) is 13.4. The summed E-state index contributed by atoms with van der Waals surface area (Å²) in [5.41, 5.74) is 1.32. The lowest BCUT2D eigenvalue weighted by molar-refractivity contribution is -0.384. The number of hydrogen-bond donors (Lipinski definition) is 1. The first-order valence-corrected chi connectivity index (χ1v) is 7.64. The van der Waals surface area contributed by atoms with Crippen LogP contribution in [-0.4, -0.2) is 16.9 Å². The van der Waals surface area contributed by atoms with Crippen LogP contribution in [0, 0.1) is 10.1 Å². The zero-order valence-electron chi connectivity index (χ0n) is 12.7. The largest absolute Gasteiger partial charge is 0.350 e. The van der Waals surface area contributed by atoms with Crippen LogP contribution >= 0.6 is 11.6 Å². The van der Waals surface area contributed by atoms with Gasteiger partial charge in [0, 0.05) is 17.7 Å². The molecule has 2 aromatic carbocycles. The molecule has 1 atom stereocenters. The lowest BCUT2D eigenvalue weighted by Crippen LogP contribution is -2.32. The molecular formula is C17H17ClN2O3. The van der Waals surface area contributed by atoms with E-state index in [4.69, 9.17) is 11.6 Å². The van der Waals surface area contributed by atoms with Crippen molar-refractivity contribution in [2.24, 2.45) is 0 Å². The Kier molecular flexibility index (Phi) is 5.71. The van der Waals surface area contributed by atoms with Crippen LogP contribution in [0.1, 0.15) is 29.3 Å². The highest BCUT2D eigenvalue weighted by atomic mass is 35.5. The topological polar surface area (TPSA) is 72.2 Å². The summed E-state index contributed by atoms with van der Waals surface area (Å²) in [6, 6.07) is 14.0. The van der Waals surface area contributed by atoms with E-state index in [1.807, 2.05) is 37.3 Å². The lowest BCUT2D eigenvalue weighted by atomic mass is 10.1. The number of hydrogen-bond acceptors (Lipinski definition) is 3. The molecule has 0 bridgehead atoms. The first kappa shape index (κ1) is 17.0. The molecule has 0 spiro atoms. The van der Waals surface area contributed by atoms with Crippen molar-refractivity contribution in [3.05, 3.63) is 74.8 Å². The Hall–Kier alpha value is -2.40. The molecule has 120 valence electrons. The van der Waals surface area contributed by atoms with E-state index in [0.29, 0.717) is 5.56 Å². The first-order chi connectivity index (χ1) is 11.0. The molecule has 0 saturated carbocycles. The molecule has 0 heterocycles. The maximum Gasteiger partial charge on any atom is 0.287 e. The second kappa shape index (κ2) is 7.74.